The predicted molar refractivity (Wildman–Crippen MR) is 118 cm³/mol. The summed E-state index contributed by atoms with van der Waals surface area (Å²) in [6.07, 6.45) is 20.4. The van der Waals surface area contributed by atoms with Crippen LogP contribution in [0, 0.1) is 23.2 Å². The Morgan fingerprint density at radius 2 is 1.96 bits per heavy atom. The fourth-order valence-electron chi connectivity index (χ4n) is 4.60. The Balaban J connectivity index is 1.86. The molecule has 2 aliphatic rings. The molecule has 1 aliphatic carbocycles. The summed E-state index contributed by atoms with van der Waals surface area (Å²) in [7, 11) is 0. The molecule has 0 bridgehead atoms. The van der Waals surface area contributed by atoms with Crippen LogP contribution in [0.4, 0.5) is 0 Å². The third-order valence-electron chi connectivity index (χ3n) is 7.30. The number of alkyl halides is 2. The number of fused-ring (bicyclic) bond motifs is 1. The zero-order chi connectivity index (χ0) is 20.8. The van der Waals surface area contributed by atoms with Gasteiger partial charge in [0.25, 0.3) is 0 Å². The van der Waals surface area contributed by atoms with Gasteiger partial charge in [-0.2, -0.15) is 0 Å². The molecule has 0 radical (unpaired) electrons. The number of carbonyl (C=O) groups excluding carboxylic acids is 1. The molecule has 1 nitrogen and oxygen atoms in total. The first kappa shape index (κ1) is 24.2. The summed E-state index contributed by atoms with van der Waals surface area (Å²) in [5, 5.41) is 0. The van der Waals surface area contributed by atoms with Crippen LogP contribution < -0.4 is 21.2 Å². The third-order valence-corrected chi connectivity index (χ3v) is 11.9. The zero-order valence-electron chi connectivity index (χ0n) is 19.3. The Kier molecular flexibility index (Phi) is 9.29. The van der Waals surface area contributed by atoms with Crippen LogP contribution in [0.2, 0.25) is 0 Å². The molecule has 1 saturated carbocycles. The summed E-state index contributed by atoms with van der Waals surface area (Å²) in [4.78, 5) is 11.8. The van der Waals surface area contributed by atoms with Crippen LogP contribution in [0.1, 0.15) is 99.3 Å². The maximum atomic E-state index is 11.8. The van der Waals surface area contributed by atoms with Crippen molar-refractivity contribution >= 4 is 5.78 Å². The van der Waals surface area contributed by atoms with E-state index in [2.05, 4.69) is 65.8 Å². The zero-order valence-corrected chi connectivity index (χ0v) is 21.4. The van der Waals surface area contributed by atoms with Crippen molar-refractivity contribution in [2.45, 2.75) is 107 Å². The van der Waals surface area contributed by atoms with Gasteiger partial charge in [-0.05, 0) is 0 Å². The summed E-state index contributed by atoms with van der Waals surface area (Å²) < 4.78 is 1.31. The fraction of sp³-hybridized carbons (Fsp3) is 0.808. The molecular formula is C26H44IO-. The molecule has 4 atom stereocenters. The van der Waals surface area contributed by atoms with Gasteiger partial charge in [-0.15, -0.1) is 0 Å². The summed E-state index contributed by atoms with van der Waals surface area (Å²) >= 11 is 0.145. The molecule has 2 heteroatoms. The average molecular weight is 500 g/mol. The Morgan fingerprint density at radius 1 is 1.25 bits per heavy atom. The monoisotopic (exact) mass is 499 g/mol. The van der Waals surface area contributed by atoms with Gasteiger partial charge in [0.15, 0.2) is 0 Å². The average Bonchev–Trinajstić information content (AvgIpc) is 2.63. The van der Waals surface area contributed by atoms with Crippen molar-refractivity contribution in [3.8, 4) is 0 Å². The van der Waals surface area contributed by atoms with Gasteiger partial charge in [-0.3, -0.25) is 0 Å². The van der Waals surface area contributed by atoms with E-state index >= 15 is 0 Å². The van der Waals surface area contributed by atoms with Crippen LogP contribution in [-0.2, 0) is 4.79 Å². The van der Waals surface area contributed by atoms with Crippen LogP contribution >= 0.6 is 0 Å². The van der Waals surface area contributed by atoms with Gasteiger partial charge >= 0.3 is 186 Å². The molecule has 162 valence electrons. The van der Waals surface area contributed by atoms with Gasteiger partial charge in [-0.25, -0.2) is 0 Å². The summed E-state index contributed by atoms with van der Waals surface area (Å²) in [5.41, 5.74) is 0.431. The number of carbonyl (C=O) groups is 1. The molecule has 0 saturated heterocycles. The SMILES string of the molecule is CCC(C)(C)C(C/C=C/CC(C)C)CCCC1C=CC2CC(=O)CC[C@]2(C)[I-]1. The first-order chi connectivity index (χ1) is 13.2. The second-order valence-electron chi connectivity index (χ2n) is 10.4. The van der Waals surface area contributed by atoms with Crippen molar-refractivity contribution in [1.82, 2.24) is 0 Å². The first-order valence-electron chi connectivity index (χ1n) is 11.7. The number of rotatable bonds is 10. The quantitative estimate of drug-likeness (QED) is 0.248. The number of allylic oxidation sites excluding steroid dienone is 4. The van der Waals surface area contributed by atoms with Gasteiger partial charge in [0, 0.05) is 0 Å². The molecule has 0 aromatic heterocycles. The molecule has 0 aromatic rings. The van der Waals surface area contributed by atoms with Crippen LogP contribution in [-0.4, -0.2) is 13.1 Å². The minimum absolute atomic E-state index is 0.145. The maximum absolute atomic E-state index is 11.8. The van der Waals surface area contributed by atoms with Crippen LogP contribution in [0.25, 0.3) is 0 Å². The summed E-state index contributed by atoms with van der Waals surface area (Å²) in [6.45, 7) is 14.4. The van der Waals surface area contributed by atoms with E-state index in [1.807, 2.05) is 0 Å². The summed E-state index contributed by atoms with van der Waals surface area (Å²) in [5.74, 6) is 2.60. The van der Waals surface area contributed by atoms with E-state index in [-0.39, 0.29) is 21.2 Å². The van der Waals surface area contributed by atoms with Crippen molar-refractivity contribution in [1.29, 1.82) is 0 Å². The molecular weight excluding hydrogens is 455 g/mol. The molecule has 2 rings (SSSR count). The Bertz CT molecular complexity index is 559. The normalized spacial score (nSPS) is 29.8. The number of hydrogen-bond acceptors (Lipinski definition) is 1. The number of halogens is 1. The molecule has 1 heterocycles. The first-order valence-corrected chi connectivity index (χ1v) is 14.0. The van der Waals surface area contributed by atoms with Gasteiger partial charge in [-0.1, -0.05) is 0 Å². The van der Waals surface area contributed by atoms with Gasteiger partial charge in [0.1, 0.15) is 0 Å². The third kappa shape index (κ3) is 6.99. The van der Waals surface area contributed by atoms with Crippen LogP contribution in [0.3, 0.4) is 0 Å². The molecule has 1 fully saturated rings. The van der Waals surface area contributed by atoms with Crippen molar-refractivity contribution in [3.63, 3.8) is 0 Å². The van der Waals surface area contributed by atoms with Crippen molar-refractivity contribution in [2.75, 3.05) is 0 Å². The van der Waals surface area contributed by atoms with E-state index in [9.17, 15) is 4.79 Å². The molecule has 28 heavy (non-hydrogen) atoms. The molecule has 1 aliphatic heterocycles. The van der Waals surface area contributed by atoms with Gasteiger partial charge in [0.05, 0.1) is 0 Å². The van der Waals surface area contributed by atoms with E-state index in [0.29, 0.717) is 20.5 Å². The second kappa shape index (κ2) is 10.8. The van der Waals surface area contributed by atoms with E-state index < -0.39 is 0 Å². The van der Waals surface area contributed by atoms with Gasteiger partial charge < -0.3 is 0 Å². The topological polar surface area (TPSA) is 17.1 Å². The number of Topliss-reactive ketones (excluding diaryl/α,β-unsaturated/α-hetero) is 1. The standard InChI is InChI=1S/C26H44IO/c1-7-25(4,5)21(12-9-8-11-20(2)3)13-10-14-23-16-15-22-19-24(28)17-18-26(22,6)27-23/h8-9,15-16,20-23H,7,10-14,17-19H2,1-6H3/q-1/b9-8+/t21?,22?,23?,26-/m0/s1. The molecule has 3 unspecified atom stereocenters. The Labute approximate surface area is 185 Å². The number of hydrogen-bond donors (Lipinski definition) is 0. The minimum atomic E-state index is 0.145. The molecule has 0 spiro atoms. The molecule has 0 amide bonds. The predicted octanol–water partition coefficient (Wildman–Crippen LogP) is 4.36. The van der Waals surface area contributed by atoms with E-state index in [1.54, 1.807) is 0 Å². The Morgan fingerprint density at radius 3 is 2.64 bits per heavy atom. The second-order valence-corrected chi connectivity index (χ2v) is 15.1. The number of ketones is 1. The van der Waals surface area contributed by atoms with Crippen molar-refractivity contribution < 1.29 is 26.0 Å². The van der Waals surface area contributed by atoms with Crippen LogP contribution in [0.5, 0.6) is 0 Å². The van der Waals surface area contributed by atoms with E-state index in [1.165, 1.54) is 38.5 Å². The van der Waals surface area contributed by atoms with E-state index in [0.717, 1.165) is 35.0 Å². The van der Waals surface area contributed by atoms with E-state index in [4.69, 9.17) is 0 Å². The van der Waals surface area contributed by atoms with Crippen molar-refractivity contribution in [3.05, 3.63) is 24.3 Å². The Hall–Kier alpha value is -0.120. The van der Waals surface area contributed by atoms with Gasteiger partial charge in [0.2, 0.25) is 0 Å². The molecule has 0 aromatic carbocycles. The fourth-order valence-corrected chi connectivity index (χ4v) is 9.10. The summed E-state index contributed by atoms with van der Waals surface area (Å²) in [6, 6.07) is 0. The van der Waals surface area contributed by atoms with Crippen LogP contribution in [0.15, 0.2) is 24.3 Å². The molecule has 0 N–H and O–H groups in total. The van der Waals surface area contributed by atoms with Crippen molar-refractivity contribution in [2.24, 2.45) is 23.2 Å².